The maximum atomic E-state index is 12.7. The first-order valence-electron chi connectivity index (χ1n) is 24.4. The third-order valence-electron chi connectivity index (χ3n) is 11.4. The number of carbonyl (C=O) groups is 4. The van der Waals surface area contributed by atoms with Crippen LogP contribution in [0.3, 0.4) is 0 Å². The molecule has 2 rings (SSSR count). The molecule has 2 aliphatic heterocycles. The molecule has 18 heteroatoms. The van der Waals surface area contributed by atoms with Crippen molar-refractivity contribution in [2.45, 2.75) is 216 Å². The fraction of sp³-hybridized carbons (Fsp3) is 0.870. The fourth-order valence-electron chi connectivity index (χ4n) is 7.62. The molecular formula is C46H83N3NaO12PS. The summed E-state index contributed by atoms with van der Waals surface area (Å²) >= 11 is 1.90. The summed E-state index contributed by atoms with van der Waals surface area (Å²) in [6.07, 6.45) is 29.3. The van der Waals surface area contributed by atoms with Gasteiger partial charge in [-0.1, -0.05) is 122 Å². The van der Waals surface area contributed by atoms with Crippen LogP contribution in [0.25, 0.3) is 0 Å². The molecule has 2 unspecified atom stereocenters. The van der Waals surface area contributed by atoms with Gasteiger partial charge in [-0.25, -0.2) is 4.79 Å². The molecule has 6 atom stereocenters. The molecule has 3 amide bonds. The number of unbranched alkanes of at least 4 members (excludes halogenated alkanes) is 20. The van der Waals surface area contributed by atoms with E-state index in [0.29, 0.717) is 31.1 Å². The van der Waals surface area contributed by atoms with Crippen molar-refractivity contribution in [3.05, 3.63) is 12.2 Å². The van der Waals surface area contributed by atoms with Gasteiger partial charge >= 0.3 is 47.5 Å². The van der Waals surface area contributed by atoms with Crippen LogP contribution in [0.15, 0.2) is 12.2 Å². The first kappa shape index (κ1) is 60.8. The molecule has 0 aromatic carbocycles. The standard InChI is InChI=1S/C46H84N3O12PS.Na/c1-2-3-4-5-6-7-8-9-10-11-12-14-17-20-23-30-43(53)58-35-39(36-60-62(56,57)59-34-38(51)33-50)61-44(54)31-24-21-18-15-13-16-19-22-27-32-47-42(52)29-26-25-28-41-45-40(37-63-41)48-46(55)49-45;/h9-10,38-41,45,50-51H,2-8,11-37H2,1H3,(H,47,52)(H,56,57)(H2,48,49,55);/q;+1/p-1/b10-9-;/t38?,39-,40+,41+,45+;/m1./s1. The molecule has 0 saturated carbocycles. The van der Waals surface area contributed by atoms with Gasteiger partial charge in [-0.2, -0.15) is 11.8 Å². The molecule has 2 aliphatic rings. The monoisotopic (exact) mass is 956 g/mol. The van der Waals surface area contributed by atoms with E-state index >= 15 is 0 Å². The number of nitrogens with one attached hydrogen (secondary N) is 3. The van der Waals surface area contributed by atoms with Crippen LogP contribution in [0.4, 0.5) is 4.79 Å². The Balaban J connectivity index is 0.0000205. The Morgan fingerprint density at radius 3 is 1.94 bits per heavy atom. The number of ether oxygens (including phenoxy) is 2. The van der Waals surface area contributed by atoms with Gasteiger partial charge in [-0.05, 0) is 57.8 Å². The number of fused-ring (bicyclic) bond motifs is 1. The van der Waals surface area contributed by atoms with Crippen molar-refractivity contribution in [3.8, 4) is 0 Å². The minimum absolute atomic E-state index is 0. The molecule has 2 saturated heterocycles. The van der Waals surface area contributed by atoms with Crippen molar-refractivity contribution < 1.29 is 86.9 Å². The molecule has 0 aromatic rings. The Bertz CT molecular complexity index is 1320. The van der Waals surface area contributed by atoms with Crippen molar-refractivity contribution in [3.63, 3.8) is 0 Å². The number of amides is 3. The van der Waals surface area contributed by atoms with Crippen molar-refractivity contribution in [1.82, 2.24) is 16.0 Å². The predicted molar refractivity (Wildman–Crippen MR) is 246 cm³/mol. The number of rotatable bonds is 42. The average Bonchev–Trinajstić information content (AvgIpc) is 3.82. The summed E-state index contributed by atoms with van der Waals surface area (Å²) < 4.78 is 32.4. The van der Waals surface area contributed by atoms with Crippen LogP contribution in [-0.4, -0.2) is 102 Å². The number of aliphatic hydroxyl groups excluding tert-OH is 2. The number of carbonyl (C=O) groups excluding carboxylic acids is 4. The molecule has 5 N–H and O–H groups in total. The number of phosphoric ester groups is 1. The number of thioether (sulfide) groups is 1. The summed E-state index contributed by atoms with van der Waals surface area (Å²) in [6, 6.07) is 0.380. The summed E-state index contributed by atoms with van der Waals surface area (Å²) in [5, 5.41) is 27.8. The van der Waals surface area contributed by atoms with Gasteiger partial charge in [-0.15, -0.1) is 0 Å². The van der Waals surface area contributed by atoms with Gasteiger partial charge in [0.05, 0.1) is 31.9 Å². The summed E-state index contributed by atoms with van der Waals surface area (Å²) in [5.74, 6) is 0.0318. The van der Waals surface area contributed by atoms with Gasteiger partial charge in [0.15, 0.2) is 6.10 Å². The third-order valence-corrected chi connectivity index (χ3v) is 13.8. The zero-order chi connectivity index (χ0) is 45.8. The quantitative estimate of drug-likeness (QED) is 0.0135. The number of hydrogen-bond donors (Lipinski definition) is 5. The van der Waals surface area contributed by atoms with Gasteiger partial charge in [0.1, 0.15) is 12.7 Å². The SMILES string of the molecule is CCCCCCCC/C=C\CCCCCCCC(=O)OC[C@H](COP(=O)([O-])OCC(O)CO)OC(=O)CCCCCCCCCCCNC(=O)CCCC[C@@H]1SC[C@@H]2NC(=O)N[C@@H]21.[Na+]. The Labute approximate surface area is 411 Å². The molecule has 366 valence electrons. The molecule has 0 aromatic heterocycles. The van der Waals surface area contributed by atoms with Crippen LogP contribution in [-0.2, 0) is 37.5 Å². The zero-order valence-corrected chi connectivity index (χ0v) is 43.1. The van der Waals surface area contributed by atoms with Crippen LogP contribution < -0.4 is 50.4 Å². The van der Waals surface area contributed by atoms with Gasteiger partial charge in [0.25, 0.3) is 7.82 Å². The number of aliphatic hydroxyl groups is 2. The van der Waals surface area contributed by atoms with Crippen LogP contribution in [0.1, 0.15) is 187 Å². The van der Waals surface area contributed by atoms with Crippen LogP contribution >= 0.6 is 19.6 Å². The van der Waals surface area contributed by atoms with Crippen molar-refractivity contribution in [1.29, 1.82) is 0 Å². The van der Waals surface area contributed by atoms with Crippen molar-refractivity contribution in [2.75, 3.05) is 38.7 Å². The van der Waals surface area contributed by atoms with E-state index in [0.717, 1.165) is 115 Å². The van der Waals surface area contributed by atoms with E-state index in [1.165, 1.54) is 38.5 Å². The van der Waals surface area contributed by atoms with E-state index in [9.17, 15) is 33.7 Å². The minimum Gasteiger partial charge on any atom is -0.756 e. The zero-order valence-electron chi connectivity index (χ0n) is 39.4. The van der Waals surface area contributed by atoms with E-state index in [1.807, 2.05) is 11.8 Å². The van der Waals surface area contributed by atoms with E-state index in [2.05, 4.69) is 39.5 Å². The number of hydrogen-bond acceptors (Lipinski definition) is 13. The maximum Gasteiger partial charge on any atom is 1.00 e. The van der Waals surface area contributed by atoms with E-state index in [1.54, 1.807) is 0 Å². The largest absolute Gasteiger partial charge is 1.00 e. The second-order valence-electron chi connectivity index (χ2n) is 17.2. The summed E-state index contributed by atoms with van der Waals surface area (Å²) in [6.45, 7) is 0.541. The Morgan fingerprint density at radius 2 is 1.31 bits per heavy atom. The minimum atomic E-state index is -4.90. The third kappa shape index (κ3) is 32.5. The van der Waals surface area contributed by atoms with Gasteiger partial charge < -0.3 is 49.6 Å². The molecule has 2 fully saturated rings. The molecule has 64 heavy (non-hydrogen) atoms. The molecule has 0 aliphatic carbocycles. The van der Waals surface area contributed by atoms with Crippen molar-refractivity contribution in [2.24, 2.45) is 0 Å². The first-order valence-corrected chi connectivity index (χ1v) is 26.9. The van der Waals surface area contributed by atoms with Crippen LogP contribution in [0.2, 0.25) is 0 Å². The number of urea groups is 1. The molecule has 15 nitrogen and oxygen atoms in total. The van der Waals surface area contributed by atoms with Crippen LogP contribution in [0, 0.1) is 0 Å². The number of esters is 2. The fourth-order valence-corrected chi connectivity index (χ4v) is 9.94. The maximum absolute atomic E-state index is 12.7. The topological polar surface area (TPSA) is 222 Å². The van der Waals surface area contributed by atoms with Gasteiger partial charge in [0, 0.05) is 36.8 Å². The predicted octanol–water partition coefficient (Wildman–Crippen LogP) is 5.08. The second kappa shape index (κ2) is 39.8. The number of phosphoric acid groups is 1. The van der Waals surface area contributed by atoms with E-state index < -0.39 is 51.8 Å². The smallest absolute Gasteiger partial charge is 0.756 e. The molecular weight excluding hydrogens is 873 g/mol. The number of allylic oxidation sites excluding steroid dienone is 2. The Hall–Kier alpha value is -1.20. The molecule has 0 bridgehead atoms. The summed E-state index contributed by atoms with van der Waals surface area (Å²) in [4.78, 5) is 61.1. The molecule has 2 heterocycles. The van der Waals surface area contributed by atoms with E-state index in [-0.39, 0.29) is 73.0 Å². The average molecular weight is 956 g/mol. The van der Waals surface area contributed by atoms with Gasteiger partial charge in [0.2, 0.25) is 5.91 Å². The normalized spacial score (nSPS) is 18.7. The first-order chi connectivity index (χ1) is 30.5. The van der Waals surface area contributed by atoms with E-state index in [4.69, 9.17) is 19.1 Å². The molecule has 0 radical (unpaired) electrons. The Morgan fingerprint density at radius 1 is 0.766 bits per heavy atom. The van der Waals surface area contributed by atoms with Crippen LogP contribution in [0.5, 0.6) is 0 Å². The van der Waals surface area contributed by atoms with Crippen molar-refractivity contribution >= 4 is 43.5 Å². The summed E-state index contributed by atoms with van der Waals surface area (Å²) in [7, 11) is -4.90. The van der Waals surface area contributed by atoms with Gasteiger partial charge in [-0.3, -0.25) is 18.9 Å². The Kier molecular flexibility index (Phi) is 37.8. The summed E-state index contributed by atoms with van der Waals surface area (Å²) in [5.41, 5.74) is 0. The second-order valence-corrected chi connectivity index (χ2v) is 19.8. The molecule has 0 spiro atoms.